The van der Waals surface area contributed by atoms with Gasteiger partial charge in [0.15, 0.2) is 0 Å². The molecule has 2 aliphatic heterocycles. The van der Waals surface area contributed by atoms with E-state index in [2.05, 4.69) is 5.32 Å². The van der Waals surface area contributed by atoms with Gasteiger partial charge in [-0.15, -0.1) is 0 Å². The lowest BCUT2D eigenvalue weighted by molar-refractivity contribution is -0.131. The van der Waals surface area contributed by atoms with Crippen LogP contribution in [0.4, 0.5) is 0 Å². The van der Waals surface area contributed by atoms with Gasteiger partial charge < -0.3 is 15.0 Å². The van der Waals surface area contributed by atoms with Gasteiger partial charge in [0, 0.05) is 32.2 Å². The largest absolute Gasteiger partial charge is 0.381 e. The maximum absolute atomic E-state index is 13.2. The average molecular weight is 328 g/mol. The van der Waals surface area contributed by atoms with Crippen LogP contribution in [0.1, 0.15) is 37.7 Å². The molecule has 2 saturated heterocycles. The van der Waals surface area contributed by atoms with E-state index in [-0.39, 0.29) is 17.9 Å². The van der Waals surface area contributed by atoms with E-state index in [1.807, 2.05) is 35.2 Å². The molecule has 4 rings (SSSR count). The summed E-state index contributed by atoms with van der Waals surface area (Å²) in [5.41, 5.74) is 0.518. The number of nitrogens with one attached hydrogen (secondary N) is 1. The molecule has 1 aromatic rings. The van der Waals surface area contributed by atoms with E-state index in [0.717, 1.165) is 18.4 Å². The second kappa shape index (κ2) is 6.20. The number of hydrogen-bond donors (Lipinski definition) is 1. The molecule has 1 saturated carbocycles. The van der Waals surface area contributed by atoms with Crippen molar-refractivity contribution in [3.05, 3.63) is 35.9 Å². The molecule has 0 spiro atoms. The van der Waals surface area contributed by atoms with Crippen molar-refractivity contribution in [3.63, 3.8) is 0 Å². The molecule has 1 atom stereocenters. The molecular weight excluding hydrogens is 304 g/mol. The normalized spacial score (nSPS) is 26.4. The first-order chi connectivity index (χ1) is 11.7. The lowest BCUT2D eigenvalue weighted by atomic mass is 9.73. The van der Waals surface area contributed by atoms with Crippen molar-refractivity contribution in [2.24, 2.45) is 0 Å². The second-order valence-electron chi connectivity index (χ2n) is 7.21. The van der Waals surface area contributed by atoms with E-state index in [1.54, 1.807) is 0 Å². The van der Waals surface area contributed by atoms with E-state index in [9.17, 15) is 9.59 Å². The summed E-state index contributed by atoms with van der Waals surface area (Å²) in [5.74, 6) is 0.232. The van der Waals surface area contributed by atoms with Gasteiger partial charge in [-0.2, -0.15) is 0 Å². The average Bonchev–Trinajstić information content (AvgIpc) is 3.40. The Hall–Kier alpha value is -1.88. The lowest BCUT2D eigenvalue weighted by Gasteiger charge is -2.37. The molecule has 5 nitrogen and oxygen atoms in total. The maximum Gasteiger partial charge on any atom is 0.231 e. The van der Waals surface area contributed by atoms with Crippen LogP contribution in [0.2, 0.25) is 0 Å². The van der Waals surface area contributed by atoms with Crippen LogP contribution < -0.4 is 5.32 Å². The molecule has 0 unspecified atom stereocenters. The fraction of sp³-hybridized carbons (Fsp3) is 0.579. The number of carbonyl (C=O) groups is 2. The van der Waals surface area contributed by atoms with E-state index in [4.69, 9.17) is 4.74 Å². The Morgan fingerprint density at radius 1 is 1.17 bits per heavy atom. The van der Waals surface area contributed by atoms with Crippen molar-refractivity contribution in [1.29, 1.82) is 0 Å². The van der Waals surface area contributed by atoms with Gasteiger partial charge in [0.25, 0.3) is 0 Å². The zero-order chi connectivity index (χ0) is 16.6. The molecule has 5 heteroatoms. The molecule has 24 heavy (non-hydrogen) atoms. The van der Waals surface area contributed by atoms with Crippen molar-refractivity contribution in [2.75, 3.05) is 19.8 Å². The SMILES string of the molecule is O=C1C[C@@H](NC(=O)C2(c3ccccc3)CCOCC2)CN1C1CC1. The van der Waals surface area contributed by atoms with Gasteiger partial charge in [0.05, 0.1) is 11.5 Å². The van der Waals surface area contributed by atoms with Crippen LogP contribution in [0, 0.1) is 0 Å². The van der Waals surface area contributed by atoms with Gasteiger partial charge in [-0.05, 0) is 31.2 Å². The molecule has 0 bridgehead atoms. The third-order valence-corrected chi connectivity index (χ3v) is 5.59. The van der Waals surface area contributed by atoms with Crippen LogP contribution in [0.3, 0.4) is 0 Å². The van der Waals surface area contributed by atoms with Crippen molar-refractivity contribution in [2.45, 2.75) is 49.6 Å². The van der Waals surface area contributed by atoms with Gasteiger partial charge in [-0.3, -0.25) is 9.59 Å². The standard InChI is InChI=1S/C19H24N2O3/c22-17-12-15(13-21(17)16-6-7-16)20-18(23)19(8-10-24-11-9-19)14-4-2-1-3-5-14/h1-5,15-16H,6-13H2,(H,20,23)/t15-/m1/s1. The molecule has 1 N–H and O–H groups in total. The van der Waals surface area contributed by atoms with Crippen molar-refractivity contribution in [1.82, 2.24) is 10.2 Å². The van der Waals surface area contributed by atoms with Crippen molar-refractivity contribution in [3.8, 4) is 0 Å². The molecule has 3 aliphatic rings. The third kappa shape index (κ3) is 2.81. The number of carbonyl (C=O) groups excluding carboxylic acids is 2. The molecule has 128 valence electrons. The number of amides is 2. The Balaban J connectivity index is 1.51. The summed E-state index contributed by atoms with van der Waals surface area (Å²) in [4.78, 5) is 27.3. The Morgan fingerprint density at radius 2 is 1.88 bits per heavy atom. The fourth-order valence-corrected chi connectivity index (χ4v) is 4.01. The molecular formula is C19H24N2O3. The van der Waals surface area contributed by atoms with Gasteiger partial charge in [0.2, 0.25) is 11.8 Å². The number of likely N-dealkylation sites (tertiary alicyclic amines) is 1. The van der Waals surface area contributed by atoms with Crippen LogP contribution in [0.15, 0.2) is 30.3 Å². The fourth-order valence-electron chi connectivity index (χ4n) is 4.01. The highest BCUT2D eigenvalue weighted by Gasteiger charge is 2.45. The summed E-state index contributed by atoms with van der Waals surface area (Å²) in [6.07, 6.45) is 4.03. The highest BCUT2D eigenvalue weighted by molar-refractivity contribution is 5.90. The molecule has 0 radical (unpaired) electrons. The van der Waals surface area contributed by atoms with E-state index < -0.39 is 5.41 Å². The van der Waals surface area contributed by atoms with Crippen LogP contribution in [-0.4, -0.2) is 48.6 Å². The predicted octanol–water partition coefficient (Wildman–Crippen LogP) is 1.61. The minimum absolute atomic E-state index is 0.0486. The topological polar surface area (TPSA) is 58.6 Å². The zero-order valence-corrected chi connectivity index (χ0v) is 13.9. The molecule has 2 heterocycles. The molecule has 1 aliphatic carbocycles. The number of ether oxygens (including phenoxy) is 1. The Morgan fingerprint density at radius 3 is 2.54 bits per heavy atom. The van der Waals surface area contributed by atoms with Crippen molar-refractivity contribution < 1.29 is 14.3 Å². The molecule has 1 aromatic carbocycles. The van der Waals surface area contributed by atoms with Crippen LogP contribution >= 0.6 is 0 Å². The van der Waals surface area contributed by atoms with Crippen LogP contribution in [0.5, 0.6) is 0 Å². The zero-order valence-electron chi connectivity index (χ0n) is 13.9. The minimum Gasteiger partial charge on any atom is -0.381 e. The summed E-state index contributed by atoms with van der Waals surface area (Å²) in [6, 6.07) is 10.3. The Labute approximate surface area is 142 Å². The summed E-state index contributed by atoms with van der Waals surface area (Å²) >= 11 is 0. The smallest absolute Gasteiger partial charge is 0.231 e. The van der Waals surface area contributed by atoms with Gasteiger partial charge in [0.1, 0.15) is 0 Å². The molecule has 2 amide bonds. The second-order valence-corrected chi connectivity index (χ2v) is 7.21. The highest BCUT2D eigenvalue weighted by atomic mass is 16.5. The number of hydrogen-bond acceptors (Lipinski definition) is 3. The summed E-state index contributed by atoms with van der Waals surface area (Å²) in [6.45, 7) is 1.86. The predicted molar refractivity (Wildman–Crippen MR) is 89.5 cm³/mol. The quantitative estimate of drug-likeness (QED) is 0.914. The minimum atomic E-state index is -0.532. The highest BCUT2D eigenvalue weighted by Crippen LogP contribution is 2.36. The summed E-state index contributed by atoms with van der Waals surface area (Å²) < 4.78 is 5.50. The van der Waals surface area contributed by atoms with Gasteiger partial charge in [-0.25, -0.2) is 0 Å². The Bertz CT molecular complexity index is 621. The number of rotatable bonds is 4. The van der Waals surface area contributed by atoms with Crippen molar-refractivity contribution >= 4 is 11.8 Å². The first kappa shape index (κ1) is 15.6. The maximum atomic E-state index is 13.2. The van der Waals surface area contributed by atoms with Crippen LogP contribution in [0.25, 0.3) is 0 Å². The monoisotopic (exact) mass is 328 g/mol. The van der Waals surface area contributed by atoms with Gasteiger partial charge in [-0.1, -0.05) is 30.3 Å². The molecule has 0 aromatic heterocycles. The molecule has 3 fully saturated rings. The lowest BCUT2D eigenvalue weighted by Crippen LogP contribution is -2.51. The van der Waals surface area contributed by atoms with Gasteiger partial charge >= 0.3 is 0 Å². The number of benzene rings is 1. The third-order valence-electron chi connectivity index (χ3n) is 5.59. The summed E-state index contributed by atoms with van der Waals surface area (Å²) in [7, 11) is 0. The van der Waals surface area contributed by atoms with Crippen LogP contribution in [-0.2, 0) is 19.7 Å². The van der Waals surface area contributed by atoms with E-state index in [0.29, 0.717) is 45.1 Å². The number of nitrogens with zero attached hydrogens (tertiary/aromatic N) is 1. The first-order valence-electron chi connectivity index (χ1n) is 8.93. The van der Waals surface area contributed by atoms with E-state index >= 15 is 0 Å². The summed E-state index contributed by atoms with van der Waals surface area (Å²) in [5, 5.41) is 3.17. The Kier molecular flexibility index (Phi) is 4.04. The van der Waals surface area contributed by atoms with E-state index in [1.165, 1.54) is 0 Å². The first-order valence-corrected chi connectivity index (χ1v) is 8.93.